The topological polar surface area (TPSA) is 80.4 Å². The standard InChI is InChI=1S/C15H11NO4/c17-14-8-1-11(2-9-14)3-10-15(18)12-4-6-13(7-5-12)16(19)20/h1-10,17H/b10-3+. The summed E-state index contributed by atoms with van der Waals surface area (Å²) in [6.07, 6.45) is 3.00. The molecule has 0 amide bonds. The predicted molar refractivity (Wildman–Crippen MR) is 74.6 cm³/mol. The number of nitro benzene ring substituents is 1. The van der Waals surface area contributed by atoms with Crippen LogP contribution in [0, 0.1) is 10.1 Å². The minimum absolute atomic E-state index is 0.0518. The molecule has 5 heteroatoms. The van der Waals surface area contributed by atoms with Gasteiger partial charge in [-0.25, -0.2) is 0 Å². The number of rotatable bonds is 4. The number of benzene rings is 2. The third-order valence-electron chi connectivity index (χ3n) is 2.68. The Bertz CT molecular complexity index is 657. The molecule has 100 valence electrons. The Balaban J connectivity index is 2.11. The minimum Gasteiger partial charge on any atom is -0.508 e. The van der Waals surface area contributed by atoms with E-state index in [1.807, 2.05) is 0 Å². The number of allylic oxidation sites excluding steroid dienone is 1. The molecule has 0 aliphatic carbocycles. The van der Waals surface area contributed by atoms with E-state index in [-0.39, 0.29) is 17.2 Å². The number of nitrogens with zero attached hydrogens (tertiary/aromatic N) is 1. The Hall–Kier alpha value is -2.95. The van der Waals surface area contributed by atoms with Gasteiger partial charge in [0.2, 0.25) is 0 Å². The largest absolute Gasteiger partial charge is 0.508 e. The molecule has 0 aliphatic heterocycles. The fourth-order valence-corrected chi connectivity index (χ4v) is 1.60. The molecule has 0 unspecified atom stereocenters. The van der Waals surface area contributed by atoms with Gasteiger partial charge in [-0.15, -0.1) is 0 Å². The second kappa shape index (κ2) is 5.79. The molecule has 20 heavy (non-hydrogen) atoms. The lowest BCUT2D eigenvalue weighted by Gasteiger charge is -1.96. The molecule has 5 nitrogen and oxygen atoms in total. The van der Waals surface area contributed by atoms with E-state index in [0.717, 1.165) is 5.56 Å². The molecule has 0 heterocycles. The third-order valence-corrected chi connectivity index (χ3v) is 2.68. The van der Waals surface area contributed by atoms with Gasteiger partial charge in [0.15, 0.2) is 5.78 Å². The van der Waals surface area contributed by atoms with Crippen molar-refractivity contribution >= 4 is 17.5 Å². The number of aromatic hydroxyl groups is 1. The number of hydrogen-bond donors (Lipinski definition) is 1. The van der Waals surface area contributed by atoms with Crippen LogP contribution in [0.3, 0.4) is 0 Å². The first-order valence-corrected chi connectivity index (χ1v) is 5.82. The van der Waals surface area contributed by atoms with Crippen LogP contribution < -0.4 is 0 Å². The summed E-state index contributed by atoms with van der Waals surface area (Å²) >= 11 is 0. The Morgan fingerprint density at radius 1 is 1.05 bits per heavy atom. The van der Waals surface area contributed by atoms with Gasteiger partial charge in [-0.2, -0.15) is 0 Å². The highest BCUT2D eigenvalue weighted by molar-refractivity contribution is 6.06. The van der Waals surface area contributed by atoms with Crippen LogP contribution >= 0.6 is 0 Å². The summed E-state index contributed by atoms with van der Waals surface area (Å²) in [7, 11) is 0. The summed E-state index contributed by atoms with van der Waals surface area (Å²) in [5.41, 5.74) is 1.10. The monoisotopic (exact) mass is 269 g/mol. The van der Waals surface area contributed by atoms with E-state index >= 15 is 0 Å². The van der Waals surface area contributed by atoms with Gasteiger partial charge in [0, 0.05) is 17.7 Å². The summed E-state index contributed by atoms with van der Waals surface area (Å²) in [5.74, 6) is -0.0863. The van der Waals surface area contributed by atoms with Crippen LogP contribution in [0.2, 0.25) is 0 Å². The summed E-state index contributed by atoms with van der Waals surface area (Å²) in [4.78, 5) is 21.9. The predicted octanol–water partition coefficient (Wildman–Crippen LogP) is 3.20. The van der Waals surface area contributed by atoms with Crippen LogP contribution in [0.1, 0.15) is 15.9 Å². The fourth-order valence-electron chi connectivity index (χ4n) is 1.60. The molecule has 2 aromatic rings. The van der Waals surface area contributed by atoms with E-state index in [4.69, 9.17) is 5.11 Å². The molecule has 0 atom stereocenters. The van der Waals surface area contributed by atoms with Crippen molar-refractivity contribution in [1.82, 2.24) is 0 Å². The summed E-state index contributed by atoms with van der Waals surface area (Å²) in [6, 6.07) is 11.8. The van der Waals surface area contributed by atoms with Crippen molar-refractivity contribution in [2.75, 3.05) is 0 Å². The average Bonchev–Trinajstić information content (AvgIpc) is 2.46. The molecule has 0 radical (unpaired) electrons. The molecule has 0 spiro atoms. The minimum atomic E-state index is -0.513. The Labute approximate surface area is 115 Å². The Kier molecular flexibility index (Phi) is 3.91. The zero-order valence-electron chi connectivity index (χ0n) is 10.4. The maximum atomic E-state index is 11.9. The van der Waals surface area contributed by atoms with Crippen molar-refractivity contribution < 1.29 is 14.8 Å². The van der Waals surface area contributed by atoms with Crippen molar-refractivity contribution in [2.24, 2.45) is 0 Å². The average molecular weight is 269 g/mol. The first kappa shape index (κ1) is 13.5. The first-order chi connectivity index (χ1) is 9.56. The van der Waals surface area contributed by atoms with Crippen molar-refractivity contribution in [3.63, 3.8) is 0 Å². The van der Waals surface area contributed by atoms with E-state index in [1.165, 1.54) is 42.5 Å². The molecular formula is C15H11NO4. The van der Waals surface area contributed by atoms with Crippen LogP contribution in [0.15, 0.2) is 54.6 Å². The number of carbonyl (C=O) groups excluding carboxylic acids is 1. The second-order valence-corrected chi connectivity index (χ2v) is 4.09. The van der Waals surface area contributed by atoms with E-state index in [1.54, 1.807) is 18.2 Å². The lowest BCUT2D eigenvalue weighted by molar-refractivity contribution is -0.384. The molecular weight excluding hydrogens is 258 g/mol. The maximum Gasteiger partial charge on any atom is 0.269 e. The van der Waals surface area contributed by atoms with Gasteiger partial charge in [-0.3, -0.25) is 14.9 Å². The van der Waals surface area contributed by atoms with Crippen LogP contribution in [0.4, 0.5) is 5.69 Å². The fraction of sp³-hybridized carbons (Fsp3) is 0. The molecule has 0 fully saturated rings. The number of phenolic OH excluding ortho intramolecular Hbond substituents is 1. The molecule has 0 bridgehead atoms. The number of ketones is 1. The van der Waals surface area contributed by atoms with Crippen LogP contribution in [0.5, 0.6) is 5.75 Å². The molecule has 0 aliphatic rings. The van der Waals surface area contributed by atoms with Crippen LogP contribution in [0.25, 0.3) is 6.08 Å². The van der Waals surface area contributed by atoms with Gasteiger partial charge in [-0.05, 0) is 35.9 Å². The number of non-ortho nitro benzene ring substituents is 1. The third kappa shape index (κ3) is 3.29. The summed E-state index contributed by atoms with van der Waals surface area (Å²) in [5, 5.41) is 19.6. The van der Waals surface area contributed by atoms with Gasteiger partial charge in [-0.1, -0.05) is 18.2 Å². The second-order valence-electron chi connectivity index (χ2n) is 4.09. The van der Waals surface area contributed by atoms with Gasteiger partial charge >= 0.3 is 0 Å². The first-order valence-electron chi connectivity index (χ1n) is 5.82. The molecule has 2 rings (SSSR count). The summed E-state index contributed by atoms with van der Waals surface area (Å²) in [6.45, 7) is 0. The number of phenols is 1. The van der Waals surface area contributed by atoms with E-state index in [0.29, 0.717) is 5.56 Å². The molecule has 1 N–H and O–H groups in total. The molecule has 0 aromatic heterocycles. The van der Waals surface area contributed by atoms with E-state index in [2.05, 4.69) is 0 Å². The van der Waals surface area contributed by atoms with Crippen molar-refractivity contribution in [1.29, 1.82) is 0 Å². The highest BCUT2D eigenvalue weighted by Gasteiger charge is 2.07. The number of carbonyl (C=O) groups is 1. The Morgan fingerprint density at radius 2 is 1.65 bits per heavy atom. The summed E-state index contributed by atoms with van der Waals surface area (Å²) < 4.78 is 0. The van der Waals surface area contributed by atoms with E-state index < -0.39 is 4.92 Å². The Morgan fingerprint density at radius 3 is 2.20 bits per heavy atom. The maximum absolute atomic E-state index is 11.9. The van der Waals surface area contributed by atoms with Crippen molar-refractivity contribution in [3.8, 4) is 5.75 Å². The van der Waals surface area contributed by atoms with Crippen molar-refractivity contribution in [2.45, 2.75) is 0 Å². The van der Waals surface area contributed by atoms with Crippen LogP contribution in [-0.4, -0.2) is 15.8 Å². The highest BCUT2D eigenvalue weighted by Crippen LogP contribution is 2.14. The molecule has 0 saturated carbocycles. The highest BCUT2D eigenvalue weighted by atomic mass is 16.6. The van der Waals surface area contributed by atoms with Crippen molar-refractivity contribution in [3.05, 3.63) is 75.8 Å². The van der Waals surface area contributed by atoms with Gasteiger partial charge in [0.05, 0.1) is 4.92 Å². The number of hydrogen-bond acceptors (Lipinski definition) is 4. The lowest BCUT2D eigenvalue weighted by atomic mass is 10.1. The van der Waals surface area contributed by atoms with Gasteiger partial charge < -0.3 is 5.11 Å². The molecule has 2 aromatic carbocycles. The SMILES string of the molecule is O=C(/C=C/c1ccc(O)cc1)c1ccc([N+](=O)[O-])cc1. The zero-order valence-corrected chi connectivity index (χ0v) is 10.4. The number of nitro groups is 1. The van der Waals surface area contributed by atoms with Gasteiger partial charge in [0.25, 0.3) is 5.69 Å². The quantitative estimate of drug-likeness (QED) is 0.400. The van der Waals surface area contributed by atoms with Gasteiger partial charge in [0.1, 0.15) is 5.75 Å². The van der Waals surface area contributed by atoms with Crippen LogP contribution in [-0.2, 0) is 0 Å². The van der Waals surface area contributed by atoms with E-state index in [9.17, 15) is 14.9 Å². The smallest absolute Gasteiger partial charge is 0.269 e. The zero-order chi connectivity index (χ0) is 14.5. The molecule has 0 saturated heterocycles. The lowest BCUT2D eigenvalue weighted by Crippen LogP contribution is -1.95. The normalized spacial score (nSPS) is 10.6.